The van der Waals surface area contributed by atoms with Crippen molar-refractivity contribution in [2.75, 3.05) is 31.4 Å². The van der Waals surface area contributed by atoms with Gasteiger partial charge in [-0.1, -0.05) is 23.7 Å². The van der Waals surface area contributed by atoms with Crippen molar-refractivity contribution in [3.63, 3.8) is 0 Å². The number of nitrogens with zero attached hydrogens (tertiary/aromatic N) is 4. The molecule has 0 unspecified atom stereocenters. The summed E-state index contributed by atoms with van der Waals surface area (Å²) in [5, 5.41) is 7.47. The summed E-state index contributed by atoms with van der Waals surface area (Å²) in [6, 6.07) is 10.4. The van der Waals surface area contributed by atoms with Crippen molar-refractivity contribution in [2.45, 2.75) is 63.1 Å². The minimum atomic E-state index is -0.194. The number of aryl methyl sites for hydroxylation is 1. The van der Waals surface area contributed by atoms with Crippen molar-refractivity contribution in [2.24, 2.45) is 0 Å². The summed E-state index contributed by atoms with van der Waals surface area (Å²) in [7, 11) is 5.87. The zero-order chi connectivity index (χ0) is 22.9. The third kappa shape index (κ3) is 4.93. The van der Waals surface area contributed by atoms with Gasteiger partial charge in [-0.2, -0.15) is 4.98 Å². The highest BCUT2D eigenvalue weighted by molar-refractivity contribution is 6.30. The number of aromatic nitrogens is 2. The van der Waals surface area contributed by atoms with Gasteiger partial charge < -0.3 is 20.4 Å². The quantitative estimate of drug-likeness (QED) is 0.666. The highest BCUT2D eigenvalue weighted by Crippen LogP contribution is 2.50. The van der Waals surface area contributed by atoms with Gasteiger partial charge in [0.05, 0.1) is 5.54 Å². The molecule has 0 saturated heterocycles. The van der Waals surface area contributed by atoms with Crippen molar-refractivity contribution in [3.8, 4) is 0 Å². The SMILES string of the molecule is Cc1cc(N(C)C)nc(N[C@H]2CC[C@@H](NC(=O)N(C)C3(c4ccc(Cl)cc4)CC3)CC2)n1. The Morgan fingerprint density at radius 3 is 2.25 bits per heavy atom. The molecule has 2 aliphatic carbocycles. The Labute approximate surface area is 195 Å². The van der Waals surface area contributed by atoms with E-state index in [0.717, 1.165) is 60.6 Å². The van der Waals surface area contributed by atoms with Gasteiger partial charge in [-0.15, -0.1) is 0 Å². The van der Waals surface area contributed by atoms with Crippen LogP contribution in [0.5, 0.6) is 0 Å². The number of rotatable bonds is 6. The third-order valence-corrected chi connectivity index (χ3v) is 6.99. The standard InChI is InChI=1S/C24H33ClN6O/c1-16-15-21(30(2)3)29-22(26-16)27-19-9-11-20(12-10-19)28-23(32)31(4)24(13-14-24)17-5-7-18(25)8-6-17/h5-8,15,19-20H,9-14H2,1-4H3,(H,28,32)(H,26,27,29)/t19-,20+. The van der Waals surface area contributed by atoms with Gasteiger partial charge in [0.15, 0.2) is 0 Å². The molecule has 2 N–H and O–H groups in total. The molecule has 1 aromatic heterocycles. The van der Waals surface area contributed by atoms with E-state index in [1.807, 2.05) is 68.2 Å². The molecule has 2 aliphatic rings. The molecule has 8 heteroatoms. The third-order valence-electron chi connectivity index (χ3n) is 6.74. The first-order valence-corrected chi connectivity index (χ1v) is 11.7. The van der Waals surface area contributed by atoms with Crippen LogP contribution in [-0.2, 0) is 5.54 Å². The van der Waals surface area contributed by atoms with Gasteiger partial charge in [0.25, 0.3) is 0 Å². The smallest absolute Gasteiger partial charge is 0.318 e. The average molecular weight is 457 g/mol. The molecule has 1 heterocycles. The highest BCUT2D eigenvalue weighted by atomic mass is 35.5. The molecule has 1 aromatic carbocycles. The first-order chi connectivity index (χ1) is 15.3. The molecule has 0 radical (unpaired) electrons. The van der Waals surface area contributed by atoms with E-state index >= 15 is 0 Å². The minimum Gasteiger partial charge on any atom is -0.363 e. The number of hydrogen-bond donors (Lipinski definition) is 2. The van der Waals surface area contributed by atoms with E-state index in [4.69, 9.17) is 11.6 Å². The topological polar surface area (TPSA) is 73.4 Å². The summed E-state index contributed by atoms with van der Waals surface area (Å²) in [6.45, 7) is 1.99. The Morgan fingerprint density at radius 2 is 1.66 bits per heavy atom. The number of nitrogens with one attached hydrogen (secondary N) is 2. The Bertz CT molecular complexity index is 951. The van der Waals surface area contributed by atoms with E-state index < -0.39 is 0 Å². The maximum atomic E-state index is 13.0. The molecule has 0 atom stereocenters. The van der Waals surface area contributed by atoms with Gasteiger partial charge in [-0.05, 0) is 63.1 Å². The summed E-state index contributed by atoms with van der Waals surface area (Å²) < 4.78 is 0. The summed E-state index contributed by atoms with van der Waals surface area (Å²) in [4.78, 5) is 26.0. The molecular formula is C24H33ClN6O. The van der Waals surface area contributed by atoms with Crippen LogP contribution < -0.4 is 15.5 Å². The lowest BCUT2D eigenvalue weighted by atomic mass is 9.91. The molecule has 2 amide bonds. The fourth-order valence-corrected chi connectivity index (χ4v) is 4.70. The molecule has 0 bridgehead atoms. The molecule has 7 nitrogen and oxygen atoms in total. The fraction of sp³-hybridized carbons (Fsp3) is 0.542. The number of benzene rings is 1. The number of halogens is 1. The zero-order valence-corrected chi connectivity index (χ0v) is 20.1. The summed E-state index contributed by atoms with van der Waals surface area (Å²) in [5.74, 6) is 1.58. The molecule has 2 saturated carbocycles. The van der Waals surface area contributed by atoms with Crippen LogP contribution in [0.15, 0.2) is 30.3 Å². The van der Waals surface area contributed by atoms with Crippen molar-refractivity contribution in [1.29, 1.82) is 0 Å². The van der Waals surface area contributed by atoms with Crippen LogP contribution in [0.25, 0.3) is 0 Å². The van der Waals surface area contributed by atoms with Crippen LogP contribution in [-0.4, -0.2) is 54.1 Å². The van der Waals surface area contributed by atoms with E-state index in [1.54, 1.807) is 0 Å². The number of anilines is 2. The van der Waals surface area contributed by atoms with Crippen molar-refractivity contribution >= 4 is 29.4 Å². The second-order valence-corrected chi connectivity index (χ2v) is 9.76. The minimum absolute atomic E-state index is 0.00602. The monoisotopic (exact) mass is 456 g/mol. The molecular weight excluding hydrogens is 424 g/mol. The first-order valence-electron chi connectivity index (χ1n) is 11.4. The van der Waals surface area contributed by atoms with Gasteiger partial charge in [-0.3, -0.25) is 0 Å². The Hall–Kier alpha value is -2.54. The van der Waals surface area contributed by atoms with E-state index in [2.05, 4.69) is 20.6 Å². The molecule has 2 aromatic rings. The molecule has 2 fully saturated rings. The fourth-order valence-electron chi connectivity index (χ4n) is 4.57. The summed E-state index contributed by atoms with van der Waals surface area (Å²) in [5.41, 5.74) is 1.91. The van der Waals surface area contributed by atoms with E-state index in [-0.39, 0.29) is 17.6 Å². The van der Waals surface area contributed by atoms with E-state index in [9.17, 15) is 4.79 Å². The highest BCUT2D eigenvalue weighted by Gasteiger charge is 2.50. The van der Waals surface area contributed by atoms with Crippen LogP contribution in [0.2, 0.25) is 5.02 Å². The van der Waals surface area contributed by atoms with Crippen LogP contribution >= 0.6 is 11.6 Å². The Balaban J connectivity index is 1.29. The number of carbonyl (C=O) groups is 1. The van der Waals surface area contributed by atoms with Gasteiger partial charge in [-0.25, -0.2) is 9.78 Å². The van der Waals surface area contributed by atoms with Crippen LogP contribution in [0.3, 0.4) is 0 Å². The van der Waals surface area contributed by atoms with Crippen molar-refractivity contribution in [1.82, 2.24) is 20.2 Å². The number of urea groups is 1. The lowest BCUT2D eigenvalue weighted by molar-refractivity contribution is 0.175. The van der Waals surface area contributed by atoms with Gasteiger partial charge >= 0.3 is 6.03 Å². The second kappa shape index (κ2) is 9.14. The van der Waals surface area contributed by atoms with Crippen molar-refractivity contribution < 1.29 is 4.79 Å². The lowest BCUT2D eigenvalue weighted by Gasteiger charge is -2.34. The predicted molar refractivity (Wildman–Crippen MR) is 129 cm³/mol. The number of hydrogen-bond acceptors (Lipinski definition) is 5. The van der Waals surface area contributed by atoms with Gasteiger partial charge in [0.1, 0.15) is 5.82 Å². The van der Waals surface area contributed by atoms with Crippen LogP contribution in [0, 0.1) is 6.92 Å². The van der Waals surface area contributed by atoms with E-state index in [1.165, 1.54) is 0 Å². The van der Waals surface area contributed by atoms with Crippen LogP contribution in [0.4, 0.5) is 16.6 Å². The van der Waals surface area contributed by atoms with Crippen LogP contribution in [0.1, 0.15) is 49.8 Å². The molecule has 0 aliphatic heterocycles. The van der Waals surface area contributed by atoms with E-state index in [0.29, 0.717) is 12.0 Å². The zero-order valence-electron chi connectivity index (χ0n) is 19.4. The average Bonchev–Trinajstić information content (AvgIpc) is 3.56. The van der Waals surface area contributed by atoms with Gasteiger partial charge in [0.2, 0.25) is 5.95 Å². The predicted octanol–water partition coefficient (Wildman–Crippen LogP) is 4.56. The largest absolute Gasteiger partial charge is 0.363 e. The summed E-state index contributed by atoms with van der Waals surface area (Å²) in [6.07, 6.45) is 5.81. The maximum Gasteiger partial charge on any atom is 0.318 e. The van der Waals surface area contributed by atoms with Gasteiger partial charge in [0, 0.05) is 50.0 Å². The molecule has 0 spiro atoms. The molecule has 4 rings (SSSR count). The van der Waals surface area contributed by atoms with Crippen molar-refractivity contribution in [3.05, 3.63) is 46.6 Å². The maximum absolute atomic E-state index is 13.0. The Kier molecular flexibility index (Phi) is 6.47. The lowest BCUT2D eigenvalue weighted by Crippen LogP contribution is -2.49. The number of amides is 2. The molecule has 32 heavy (non-hydrogen) atoms. The second-order valence-electron chi connectivity index (χ2n) is 9.33. The normalized spacial score (nSPS) is 21.5. The first kappa shape index (κ1) is 22.6. The summed E-state index contributed by atoms with van der Waals surface area (Å²) >= 11 is 6.04. The Morgan fingerprint density at radius 1 is 1.03 bits per heavy atom. The number of carbonyl (C=O) groups excluding carboxylic acids is 1. The molecule has 172 valence electrons.